The van der Waals surface area contributed by atoms with E-state index in [1.807, 2.05) is 13.8 Å². The molecule has 1 aliphatic rings. The molecule has 2 atom stereocenters. The van der Waals surface area contributed by atoms with Crippen molar-refractivity contribution < 1.29 is 17.6 Å². The second-order valence-electron chi connectivity index (χ2n) is 5.99. The van der Waals surface area contributed by atoms with Crippen molar-refractivity contribution >= 4 is 0 Å². The molecule has 0 radical (unpaired) electrons. The third-order valence-electron chi connectivity index (χ3n) is 3.86. The van der Waals surface area contributed by atoms with Crippen LogP contribution in [-0.4, -0.2) is 29.0 Å². The monoisotopic (exact) mass is 305 g/mol. The van der Waals surface area contributed by atoms with Crippen molar-refractivity contribution in [2.75, 3.05) is 6.54 Å². The van der Waals surface area contributed by atoms with Gasteiger partial charge in [-0.05, 0) is 19.3 Å². The smallest absolute Gasteiger partial charge is 0.391 e. The molecule has 1 heterocycles. The van der Waals surface area contributed by atoms with Crippen LogP contribution in [0.4, 0.5) is 13.2 Å². The Balaban J connectivity index is 1.91. The van der Waals surface area contributed by atoms with Crippen molar-refractivity contribution in [3.05, 3.63) is 11.8 Å². The van der Waals surface area contributed by atoms with Gasteiger partial charge in [-0.15, -0.1) is 10.2 Å². The molecule has 1 aromatic rings. The van der Waals surface area contributed by atoms with Gasteiger partial charge in [-0.2, -0.15) is 13.2 Å². The minimum absolute atomic E-state index is 0.0649. The van der Waals surface area contributed by atoms with Crippen LogP contribution in [0.5, 0.6) is 0 Å². The van der Waals surface area contributed by atoms with Crippen molar-refractivity contribution in [3.63, 3.8) is 0 Å². The molecule has 0 saturated heterocycles. The van der Waals surface area contributed by atoms with Crippen LogP contribution >= 0.6 is 0 Å². The first-order chi connectivity index (χ1) is 9.86. The van der Waals surface area contributed by atoms with Crippen molar-refractivity contribution in [2.45, 2.75) is 64.1 Å². The number of halogens is 3. The van der Waals surface area contributed by atoms with Gasteiger partial charge in [-0.3, -0.25) is 0 Å². The molecule has 1 aromatic heterocycles. The third kappa shape index (κ3) is 4.69. The number of rotatable bonds is 5. The van der Waals surface area contributed by atoms with Crippen LogP contribution in [0.25, 0.3) is 0 Å². The average Bonchev–Trinajstić information content (AvgIpc) is 2.86. The molecule has 1 aliphatic carbocycles. The van der Waals surface area contributed by atoms with Gasteiger partial charge < -0.3 is 9.73 Å². The Morgan fingerprint density at radius 2 is 2.05 bits per heavy atom. The summed E-state index contributed by atoms with van der Waals surface area (Å²) >= 11 is 0. The summed E-state index contributed by atoms with van der Waals surface area (Å²) < 4.78 is 43.9. The molecule has 0 bridgehead atoms. The highest BCUT2D eigenvalue weighted by Gasteiger charge is 2.43. The molecule has 21 heavy (non-hydrogen) atoms. The maximum Gasteiger partial charge on any atom is 0.391 e. The number of nitrogens with zero attached hydrogens (tertiary/aromatic N) is 2. The lowest BCUT2D eigenvalue weighted by molar-refractivity contribution is -0.183. The molecular formula is C14H22F3N3O. The van der Waals surface area contributed by atoms with Crippen molar-refractivity contribution in [3.8, 4) is 0 Å². The standard InChI is InChI=1S/C14H22F3N3O/c1-9(2)18-7-6-12-19-20-13(21-12)10-4-3-5-11(8-10)14(15,16)17/h9-11,18H,3-8H2,1-2H3. The maximum absolute atomic E-state index is 12.8. The predicted octanol–water partition coefficient (Wildman–Crippen LogP) is 3.45. The largest absolute Gasteiger partial charge is 0.425 e. The molecule has 2 unspecified atom stereocenters. The SMILES string of the molecule is CC(C)NCCc1nnc(C2CCCC(C(F)(F)F)C2)o1. The zero-order chi connectivity index (χ0) is 15.5. The van der Waals surface area contributed by atoms with Crippen LogP contribution in [-0.2, 0) is 6.42 Å². The third-order valence-corrected chi connectivity index (χ3v) is 3.86. The molecule has 0 aromatic carbocycles. The molecule has 0 spiro atoms. The Bertz CT molecular complexity index is 445. The van der Waals surface area contributed by atoms with Crippen LogP contribution < -0.4 is 5.32 Å². The van der Waals surface area contributed by atoms with E-state index in [1.54, 1.807) is 0 Å². The van der Waals surface area contributed by atoms with E-state index in [1.165, 1.54) is 0 Å². The number of aromatic nitrogens is 2. The molecule has 1 fully saturated rings. The first-order valence-corrected chi connectivity index (χ1v) is 7.48. The summed E-state index contributed by atoms with van der Waals surface area (Å²) in [7, 11) is 0. The number of nitrogens with one attached hydrogen (secondary N) is 1. The van der Waals surface area contributed by atoms with Gasteiger partial charge in [-0.25, -0.2) is 0 Å². The molecule has 1 N–H and O–H groups in total. The minimum atomic E-state index is -4.12. The lowest BCUT2D eigenvalue weighted by Gasteiger charge is -2.28. The zero-order valence-corrected chi connectivity index (χ0v) is 12.4. The highest BCUT2D eigenvalue weighted by atomic mass is 19.4. The number of hydrogen-bond acceptors (Lipinski definition) is 4. The summed E-state index contributed by atoms with van der Waals surface area (Å²) in [6.07, 6.45) is -2.00. The van der Waals surface area contributed by atoms with Crippen molar-refractivity contribution in [2.24, 2.45) is 5.92 Å². The van der Waals surface area contributed by atoms with Crippen molar-refractivity contribution in [1.82, 2.24) is 15.5 Å². The normalized spacial score (nSPS) is 23.7. The van der Waals surface area contributed by atoms with E-state index >= 15 is 0 Å². The second-order valence-corrected chi connectivity index (χ2v) is 5.99. The van der Waals surface area contributed by atoms with Crippen LogP contribution in [0, 0.1) is 5.92 Å². The van der Waals surface area contributed by atoms with Crippen LogP contribution in [0.3, 0.4) is 0 Å². The Morgan fingerprint density at radius 1 is 1.29 bits per heavy atom. The number of alkyl halides is 3. The maximum atomic E-state index is 12.8. The van der Waals surface area contributed by atoms with Gasteiger partial charge >= 0.3 is 6.18 Å². The van der Waals surface area contributed by atoms with Gasteiger partial charge in [-0.1, -0.05) is 20.3 Å². The van der Waals surface area contributed by atoms with E-state index in [0.717, 1.165) is 6.54 Å². The molecule has 4 nitrogen and oxygen atoms in total. The van der Waals surface area contributed by atoms with E-state index in [2.05, 4.69) is 15.5 Å². The van der Waals surface area contributed by atoms with E-state index in [0.29, 0.717) is 37.1 Å². The molecule has 120 valence electrons. The first kappa shape index (κ1) is 16.3. The van der Waals surface area contributed by atoms with Crippen LogP contribution in [0.1, 0.15) is 57.2 Å². The number of hydrogen-bond donors (Lipinski definition) is 1. The lowest BCUT2D eigenvalue weighted by Crippen LogP contribution is -2.28. The van der Waals surface area contributed by atoms with Gasteiger partial charge in [0, 0.05) is 24.9 Å². The van der Waals surface area contributed by atoms with Crippen molar-refractivity contribution in [1.29, 1.82) is 0 Å². The fourth-order valence-corrected chi connectivity index (χ4v) is 2.71. The minimum Gasteiger partial charge on any atom is -0.425 e. The highest BCUT2D eigenvalue weighted by Crippen LogP contribution is 2.43. The summed E-state index contributed by atoms with van der Waals surface area (Å²) in [5.74, 6) is -0.644. The van der Waals surface area contributed by atoms with Gasteiger partial charge in [0.25, 0.3) is 0 Å². The van der Waals surface area contributed by atoms with E-state index < -0.39 is 12.1 Å². The predicted molar refractivity (Wildman–Crippen MR) is 71.9 cm³/mol. The van der Waals surface area contributed by atoms with Gasteiger partial charge in [0.15, 0.2) is 0 Å². The molecule has 2 rings (SSSR count). The van der Waals surface area contributed by atoms with Gasteiger partial charge in [0.2, 0.25) is 11.8 Å². The lowest BCUT2D eigenvalue weighted by atomic mass is 9.81. The quantitative estimate of drug-likeness (QED) is 0.905. The molecule has 1 saturated carbocycles. The average molecular weight is 305 g/mol. The summed E-state index contributed by atoms with van der Waals surface area (Å²) in [4.78, 5) is 0. The van der Waals surface area contributed by atoms with E-state index in [-0.39, 0.29) is 18.8 Å². The summed E-state index contributed by atoms with van der Waals surface area (Å²) in [5.41, 5.74) is 0. The fourth-order valence-electron chi connectivity index (χ4n) is 2.71. The summed E-state index contributed by atoms with van der Waals surface area (Å²) in [6, 6.07) is 0.373. The highest BCUT2D eigenvalue weighted by molar-refractivity contribution is 4.96. The topological polar surface area (TPSA) is 51.0 Å². The zero-order valence-electron chi connectivity index (χ0n) is 12.4. The van der Waals surface area contributed by atoms with Crippen LogP contribution in [0.15, 0.2) is 4.42 Å². The Hall–Kier alpha value is -1.11. The van der Waals surface area contributed by atoms with Gasteiger partial charge in [0.1, 0.15) is 0 Å². The van der Waals surface area contributed by atoms with E-state index in [9.17, 15) is 13.2 Å². The fraction of sp³-hybridized carbons (Fsp3) is 0.857. The second kappa shape index (κ2) is 6.77. The first-order valence-electron chi connectivity index (χ1n) is 7.48. The van der Waals surface area contributed by atoms with Gasteiger partial charge in [0.05, 0.1) is 5.92 Å². The summed E-state index contributed by atoms with van der Waals surface area (Å²) in [6.45, 7) is 4.80. The Kier molecular flexibility index (Phi) is 5.24. The molecule has 7 heteroatoms. The Morgan fingerprint density at radius 3 is 2.71 bits per heavy atom. The summed E-state index contributed by atoms with van der Waals surface area (Å²) in [5, 5.41) is 11.1. The van der Waals surface area contributed by atoms with Crippen LogP contribution in [0.2, 0.25) is 0 Å². The molecule has 0 aliphatic heterocycles. The van der Waals surface area contributed by atoms with E-state index in [4.69, 9.17) is 4.42 Å². The molecular weight excluding hydrogens is 283 g/mol. The Labute approximate surface area is 122 Å². The molecule has 0 amide bonds.